The number of hydrogen-bond donors (Lipinski definition) is 2. The SMILES string of the molecule is CCCCn1c(C2=Cc3ccccc3CC2)c(C(C(=O)NO)C2=C=C=CC=C2)c2ccccc21. The normalized spacial score (nSPS) is 15.1. The molecule has 0 bridgehead atoms. The molecule has 2 N–H and O–H groups in total. The molecule has 1 atom stereocenters. The third-order valence-electron chi connectivity index (χ3n) is 6.74. The highest BCUT2D eigenvalue weighted by Gasteiger charge is 2.33. The van der Waals surface area contributed by atoms with Crippen LogP contribution < -0.4 is 5.48 Å². The Morgan fingerprint density at radius 2 is 1.97 bits per heavy atom. The number of hydrogen-bond acceptors (Lipinski definition) is 2. The lowest BCUT2D eigenvalue weighted by Gasteiger charge is -2.23. The lowest BCUT2D eigenvalue weighted by Crippen LogP contribution is -2.28. The van der Waals surface area contributed by atoms with E-state index in [9.17, 15) is 10.0 Å². The zero-order valence-corrected chi connectivity index (χ0v) is 19.3. The number of aromatic nitrogens is 1. The lowest BCUT2D eigenvalue weighted by molar-refractivity contribution is -0.129. The molecule has 4 nitrogen and oxygen atoms in total. The first-order valence-corrected chi connectivity index (χ1v) is 11.9. The number of aryl methyl sites for hydroxylation is 2. The van der Waals surface area contributed by atoms with Gasteiger partial charge in [-0.05, 0) is 60.3 Å². The molecule has 1 heterocycles. The molecule has 2 aliphatic carbocycles. The molecular formula is C30H28N2O2. The van der Waals surface area contributed by atoms with Gasteiger partial charge in [-0.15, -0.1) is 0 Å². The van der Waals surface area contributed by atoms with Crippen LogP contribution in [0.2, 0.25) is 0 Å². The van der Waals surface area contributed by atoms with Crippen molar-refractivity contribution >= 4 is 28.5 Å². The van der Waals surface area contributed by atoms with Gasteiger partial charge >= 0.3 is 0 Å². The second-order valence-electron chi connectivity index (χ2n) is 8.81. The van der Waals surface area contributed by atoms with Crippen LogP contribution in [0, 0.1) is 0 Å². The number of benzene rings is 2. The molecule has 0 saturated heterocycles. The Balaban J connectivity index is 1.83. The van der Waals surface area contributed by atoms with E-state index < -0.39 is 11.8 Å². The summed E-state index contributed by atoms with van der Waals surface area (Å²) >= 11 is 0. The number of fused-ring (bicyclic) bond motifs is 2. The Labute approximate surface area is 199 Å². The van der Waals surface area contributed by atoms with E-state index in [0.717, 1.165) is 54.4 Å². The fourth-order valence-electron chi connectivity index (χ4n) is 5.16. The molecular weight excluding hydrogens is 420 g/mol. The van der Waals surface area contributed by atoms with Gasteiger partial charge in [0.15, 0.2) is 0 Å². The van der Waals surface area contributed by atoms with Gasteiger partial charge in [-0.25, -0.2) is 5.48 Å². The number of carbonyl (C=O) groups is 1. The van der Waals surface area contributed by atoms with Crippen LogP contribution in [0.3, 0.4) is 0 Å². The van der Waals surface area contributed by atoms with Crippen molar-refractivity contribution in [3.8, 4) is 0 Å². The average molecular weight is 449 g/mol. The minimum Gasteiger partial charge on any atom is -0.340 e. The van der Waals surface area contributed by atoms with Crippen LogP contribution in [-0.2, 0) is 17.8 Å². The van der Waals surface area contributed by atoms with Gasteiger partial charge in [-0.1, -0.05) is 73.3 Å². The van der Waals surface area contributed by atoms with Crippen LogP contribution in [0.15, 0.2) is 83.8 Å². The predicted molar refractivity (Wildman–Crippen MR) is 136 cm³/mol. The number of hydroxylamine groups is 1. The van der Waals surface area contributed by atoms with E-state index >= 15 is 0 Å². The zero-order valence-electron chi connectivity index (χ0n) is 19.3. The van der Waals surface area contributed by atoms with Gasteiger partial charge in [0.1, 0.15) is 5.92 Å². The standard InChI is InChI=1S/C30H28N2O2/c1-2-3-19-32-26-16-10-9-15-25(26)28(27(30(33)31-34)22-12-5-4-6-13-22)29(32)24-18-17-21-11-7-8-14-23(21)20-24/h4-5,7-12,14-16,20,27,34H,2-3,17-19H2,1H3,(H,31,33). The fraction of sp³-hybridized carbons (Fsp3) is 0.233. The van der Waals surface area contributed by atoms with Crippen LogP contribution in [0.5, 0.6) is 0 Å². The first-order chi connectivity index (χ1) is 16.7. The molecule has 4 heteroatoms. The summed E-state index contributed by atoms with van der Waals surface area (Å²) in [5, 5.41) is 10.8. The molecule has 0 fully saturated rings. The highest BCUT2D eigenvalue weighted by molar-refractivity contribution is 6.00. The Hall–Kier alpha value is -3.81. The average Bonchev–Trinajstić information content (AvgIpc) is 3.21. The topological polar surface area (TPSA) is 54.3 Å². The molecule has 34 heavy (non-hydrogen) atoms. The number of carbonyl (C=O) groups excluding carboxylic acids is 1. The molecule has 1 amide bonds. The molecule has 3 aromatic rings. The smallest absolute Gasteiger partial charge is 0.256 e. The van der Waals surface area contributed by atoms with E-state index in [2.05, 4.69) is 65.4 Å². The quantitative estimate of drug-likeness (QED) is 0.252. The van der Waals surface area contributed by atoms with Gasteiger partial charge in [0.25, 0.3) is 5.91 Å². The minimum atomic E-state index is -0.705. The van der Waals surface area contributed by atoms with Crippen molar-refractivity contribution in [2.75, 3.05) is 0 Å². The van der Waals surface area contributed by atoms with Gasteiger partial charge < -0.3 is 4.57 Å². The Morgan fingerprint density at radius 1 is 1.15 bits per heavy atom. The van der Waals surface area contributed by atoms with E-state index in [0.29, 0.717) is 5.57 Å². The van der Waals surface area contributed by atoms with E-state index in [1.54, 1.807) is 6.08 Å². The van der Waals surface area contributed by atoms with Crippen molar-refractivity contribution in [3.05, 3.63) is 106 Å². The monoisotopic (exact) mass is 448 g/mol. The Kier molecular flexibility index (Phi) is 6.20. The summed E-state index contributed by atoms with van der Waals surface area (Å²) in [6, 6.07) is 16.8. The molecule has 5 rings (SSSR count). The largest absolute Gasteiger partial charge is 0.340 e. The minimum absolute atomic E-state index is 0.465. The molecule has 170 valence electrons. The number of allylic oxidation sites excluding steroid dienone is 4. The highest BCUT2D eigenvalue weighted by atomic mass is 16.5. The van der Waals surface area contributed by atoms with Crippen molar-refractivity contribution in [1.29, 1.82) is 0 Å². The van der Waals surface area contributed by atoms with E-state index in [1.165, 1.54) is 16.7 Å². The second kappa shape index (κ2) is 9.59. The molecule has 1 aromatic heterocycles. The van der Waals surface area contributed by atoms with Crippen LogP contribution in [0.1, 0.15) is 54.5 Å². The third kappa shape index (κ3) is 3.89. The van der Waals surface area contributed by atoms with Crippen LogP contribution >= 0.6 is 0 Å². The number of amides is 1. The van der Waals surface area contributed by atoms with Gasteiger partial charge in [-0.2, -0.15) is 0 Å². The number of nitrogens with zero attached hydrogens (tertiary/aromatic N) is 1. The van der Waals surface area contributed by atoms with Crippen LogP contribution in [0.25, 0.3) is 22.6 Å². The molecule has 0 spiro atoms. The molecule has 1 unspecified atom stereocenters. The van der Waals surface area contributed by atoms with Gasteiger partial charge in [0.2, 0.25) is 0 Å². The zero-order chi connectivity index (χ0) is 23.5. The van der Waals surface area contributed by atoms with Crippen molar-refractivity contribution < 1.29 is 10.0 Å². The van der Waals surface area contributed by atoms with Gasteiger partial charge in [0.05, 0.1) is 0 Å². The van der Waals surface area contributed by atoms with Crippen molar-refractivity contribution in [3.63, 3.8) is 0 Å². The Morgan fingerprint density at radius 3 is 2.76 bits per heavy atom. The fourth-order valence-corrected chi connectivity index (χ4v) is 5.16. The summed E-state index contributed by atoms with van der Waals surface area (Å²) in [6.07, 6.45) is 11.7. The maximum atomic E-state index is 13.2. The van der Waals surface area contributed by atoms with Gasteiger partial charge in [0, 0.05) is 34.3 Å². The van der Waals surface area contributed by atoms with Crippen LogP contribution in [0.4, 0.5) is 0 Å². The highest BCUT2D eigenvalue weighted by Crippen LogP contribution is 2.43. The van der Waals surface area contributed by atoms with Crippen molar-refractivity contribution in [2.24, 2.45) is 0 Å². The van der Waals surface area contributed by atoms with E-state index in [4.69, 9.17) is 0 Å². The lowest BCUT2D eigenvalue weighted by atomic mass is 9.83. The molecule has 0 saturated carbocycles. The van der Waals surface area contributed by atoms with Crippen LogP contribution in [-0.4, -0.2) is 15.7 Å². The van der Waals surface area contributed by atoms with Crippen molar-refractivity contribution in [2.45, 2.75) is 45.1 Å². The molecule has 0 radical (unpaired) electrons. The summed E-state index contributed by atoms with van der Waals surface area (Å²) < 4.78 is 2.37. The number of nitrogens with one attached hydrogen (secondary N) is 1. The first kappa shape index (κ1) is 22.0. The van der Waals surface area contributed by atoms with Crippen molar-refractivity contribution in [1.82, 2.24) is 10.0 Å². The Bertz CT molecular complexity index is 1420. The summed E-state index contributed by atoms with van der Waals surface area (Å²) in [7, 11) is 0. The third-order valence-corrected chi connectivity index (χ3v) is 6.74. The number of rotatable bonds is 7. The molecule has 2 aliphatic rings. The van der Waals surface area contributed by atoms with E-state index in [-0.39, 0.29) is 0 Å². The van der Waals surface area contributed by atoms with Gasteiger partial charge in [-0.3, -0.25) is 10.0 Å². The van der Waals surface area contributed by atoms with E-state index in [1.807, 2.05) is 29.8 Å². The first-order valence-electron chi connectivity index (χ1n) is 11.9. The predicted octanol–water partition coefficient (Wildman–Crippen LogP) is 6.32. The summed E-state index contributed by atoms with van der Waals surface area (Å²) in [5.74, 6) is -1.17. The summed E-state index contributed by atoms with van der Waals surface area (Å²) in [4.78, 5) is 13.2. The summed E-state index contributed by atoms with van der Waals surface area (Å²) in [5.41, 5.74) is 15.6. The summed E-state index contributed by atoms with van der Waals surface area (Å²) in [6.45, 7) is 3.06. The number of para-hydroxylation sites is 1. The second-order valence-corrected chi connectivity index (χ2v) is 8.81. The molecule has 0 aliphatic heterocycles. The molecule has 2 aromatic carbocycles. The maximum absolute atomic E-state index is 13.2. The maximum Gasteiger partial charge on any atom is 0.256 e. The number of unbranched alkanes of at least 4 members (excludes halogenated alkanes) is 1.